The van der Waals surface area contributed by atoms with E-state index in [4.69, 9.17) is 0 Å². The van der Waals surface area contributed by atoms with Gasteiger partial charge in [0.05, 0.1) is 33.1 Å². The third-order valence-corrected chi connectivity index (χ3v) is 20.9. The van der Waals surface area contributed by atoms with Gasteiger partial charge in [-0.25, -0.2) is 0 Å². The van der Waals surface area contributed by atoms with Crippen LogP contribution in [0.25, 0.3) is 178 Å². The van der Waals surface area contributed by atoms with Crippen molar-refractivity contribution in [2.24, 2.45) is 0 Å². The van der Waals surface area contributed by atoms with Crippen LogP contribution in [0.15, 0.2) is 309 Å². The molecular formula is C84H51N3S2. The van der Waals surface area contributed by atoms with E-state index in [1.54, 1.807) is 0 Å². The van der Waals surface area contributed by atoms with Gasteiger partial charge in [0.1, 0.15) is 0 Å². The molecule has 89 heavy (non-hydrogen) atoms. The minimum atomic E-state index is 1.09. The predicted molar refractivity (Wildman–Crippen MR) is 382 cm³/mol. The van der Waals surface area contributed by atoms with E-state index in [0.29, 0.717) is 0 Å². The lowest BCUT2D eigenvalue weighted by atomic mass is 9.90. The first kappa shape index (κ1) is 50.1. The van der Waals surface area contributed by atoms with Gasteiger partial charge in [0.2, 0.25) is 0 Å². The quantitative estimate of drug-likeness (QED) is 0.144. The Morgan fingerprint density at radius 1 is 0.180 bits per heavy atom. The molecule has 0 aliphatic rings. The molecule has 0 amide bonds. The zero-order chi connectivity index (χ0) is 58.3. The second-order valence-corrected chi connectivity index (χ2v) is 25.7. The number of rotatable bonds is 8. The molecule has 19 rings (SSSR count). The molecule has 0 N–H and O–H groups in total. The molecule has 0 aliphatic heterocycles. The Morgan fingerprint density at radius 3 is 1.16 bits per heavy atom. The monoisotopic (exact) mass is 1170 g/mol. The van der Waals surface area contributed by atoms with Crippen LogP contribution in [0.5, 0.6) is 0 Å². The maximum atomic E-state index is 2.50. The van der Waals surface area contributed by atoms with Crippen LogP contribution in [-0.4, -0.2) is 13.7 Å². The van der Waals surface area contributed by atoms with Gasteiger partial charge < -0.3 is 13.7 Å². The Morgan fingerprint density at radius 2 is 0.551 bits per heavy atom. The standard InChI is InChI=1S/C84H51N3S2/c1-8-31-75-65(22-1)66-23-2-9-32-76(66)85(75)61-21-16-19-53(47-61)56-43-57(54-38-41-83-74(50-54)71-28-7-13-36-81(71)88-83)45-58(44-56)60-46-59(52-18-15-20-55(42-52)64-29-17-30-72-70-27-6-14-37-82(70)89-84(64)72)48-63(49-60)87-79-35-12-5-26-69(79)73-51-62(39-40-80(73)87)86-77-33-10-3-24-67(77)68-25-4-11-34-78(68)86/h1-51H. The van der Waals surface area contributed by atoms with Crippen LogP contribution in [0, 0.1) is 0 Å². The van der Waals surface area contributed by atoms with Crippen molar-refractivity contribution in [1.29, 1.82) is 0 Å². The van der Waals surface area contributed by atoms with E-state index >= 15 is 0 Å². The van der Waals surface area contributed by atoms with Crippen LogP contribution in [0.3, 0.4) is 0 Å². The molecule has 0 radical (unpaired) electrons. The molecule has 5 heteroatoms. The molecular weight excluding hydrogens is 1120 g/mol. The Bertz CT molecular complexity index is 6030. The van der Waals surface area contributed by atoms with Crippen LogP contribution in [0.4, 0.5) is 0 Å². The minimum absolute atomic E-state index is 1.09. The molecule has 0 spiro atoms. The largest absolute Gasteiger partial charge is 0.309 e. The van der Waals surface area contributed by atoms with Crippen molar-refractivity contribution in [2.75, 3.05) is 0 Å². The molecule has 14 aromatic carbocycles. The Kier molecular flexibility index (Phi) is 11.1. The van der Waals surface area contributed by atoms with Gasteiger partial charge in [-0.3, -0.25) is 0 Å². The first-order chi connectivity index (χ1) is 44.1. The number of thiophene rings is 2. The van der Waals surface area contributed by atoms with Crippen molar-refractivity contribution in [3.05, 3.63) is 309 Å². The molecule has 0 fully saturated rings. The molecule has 5 aromatic heterocycles. The molecule has 3 nitrogen and oxygen atoms in total. The summed E-state index contributed by atoms with van der Waals surface area (Å²) in [6.45, 7) is 0. The van der Waals surface area contributed by atoms with Crippen molar-refractivity contribution in [3.63, 3.8) is 0 Å². The second-order valence-electron chi connectivity index (χ2n) is 23.6. The Balaban J connectivity index is 0.851. The second kappa shape index (κ2) is 19.7. The third kappa shape index (κ3) is 7.89. The van der Waals surface area contributed by atoms with Gasteiger partial charge in [0.15, 0.2) is 0 Å². The van der Waals surface area contributed by atoms with Crippen LogP contribution in [-0.2, 0) is 0 Å². The Labute approximate surface area is 520 Å². The molecule has 0 atom stereocenters. The number of nitrogens with zero attached hydrogens (tertiary/aromatic N) is 3. The molecule has 414 valence electrons. The summed E-state index contributed by atoms with van der Waals surface area (Å²) in [4.78, 5) is 0. The molecule has 0 aliphatic carbocycles. The molecule has 0 bridgehead atoms. The fourth-order valence-corrected chi connectivity index (χ4v) is 16.9. The zero-order valence-corrected chi connectivity index (χ0v) is 49.7. The van der Waals surface area contributed by atoms with Crippen molar-refractivity contribution in [2.45, 2.75) is 0 Å². The lowest BCUT2D eigenvalue weighted by Gasteiger charge is -2.17. The summed E-state index contributed by atoms with van der Waals surface area (Å²) in [5.41, 5.74) is 22.1. The first-order valence-electron chi connectivity index (χ1n) is 30.4. The number of fused-ring (bicyclic) bond motifs is 15. The third-order valence-electron chi connectivity index (χ3n) is 18.6. The van der Waals surface area contributed by atoms with E-state index in [-0.39, 0.29) is 0 Å². The first-order valence-corrected chi connectivity index (χ1v) is 32.1. The fraction of sp³-hybridized carbons (Fsp3) is 0. The zero-order valence-electron chi connectivity index (χ0n) is 48.1. The highest BCUT2D eigenvalue weighted by atomic mass is 32.1. The van der Waals surface area contributed by atoms with Crippen LogP contribution in [0.2, 0.25) is 0 Å². The Hall–Kier alpha value is -11.1. The van der Waals surface area contributed by atoms with Gasteiger partial charge in [0.25, 0.3) is 0 Å². The summed E-state index contributed by atoms with van der Waals surface area (Å²) in [5, 5.41) is 12.6. The molecule has 0 unspecified atom stereocenters. The summed E-state index contributed by atoms with van der Waals surface area (Å²) >= 11 is 3.75. The number of aromatic nitrogens is 3. The molecule has 19 aromatic rings. The van der Waals surface area contributed by atoms with Crippen molar-refractivity contribution < 1.29 is 0 Å². The lowest BCUT2D eigenvalue weighted by molar-refractivity contribution is 1.17. The number of hydrogen-bond donors (Lipinski definition) is 0. The van der Waals surface area contributed by atoms with Gasteiger partial charge in [-0.05, 0) is 183 Å². The lowest BCUT2D eigenvalue weighted by Crippen LogP contribution is -1.97. The van der Waals surface area contributed by atoms with Gasteiger partial charge in [0, 0.05) is 89.7 Å². The molecule has 5 heterocycles. The number of benzene rings is 14. The van der Waals surface area contributed by atoms with Crippen molar-refractivity contribution >= 4 is 128 Å². The molecule has 0 saturated carbocycles. The predicted octanol–water partition coefficient (Wildman–Crippen LogP) is 24.0. The SMILES string of the molecule is c1cc(-c2cc(-c3cc(-c4cccc(-n5c6ccccc6c6ccccc65)c4)cc(-c4ccc5sc6ccccc6c5c4)c3)cc(-n3c4ccccc4c4cc(-n5c6ccccc6c6ccccc65)ccc43)c2)cc(-c2cccc3c2sc2ccccc23)c1. The maximum absolute atomic E-state index is 2.50. The van der Waals surface area contributed by atoms with Gasteiger partial charge in [-0.1, -0.05) is 182 Å². The van der Waals surface area contributed by atoms with Crippen LogP contribution in [0.1, 0.15) is 0 Å². The van der Waals surface area contributed by atoms with E-state index in [2.05, 4.69) is 323 Å². The van der Waals surface area contributed by atoms with E-state index in [1.165, 1.54) is 111 Å². The van der Waals surface area contributed by atoms with Crippen molar-refractivity contribution in [3.8, 4) is 72.7 Å². The summed E-state index contributed by atoms with van der Waals surface area (Å²) < 4.78 is 12.6. The fourth-order valence-electron chi connectivity index (χ4n) is 14.6. The van der Waals surface area contributed by atoms with Crippen LogP contribution >= 0.6 is 22.7 Å². The van der Waals surface area contributed by atoms with E-state index in [1.807, 2.05) is 22.7 Å². The average Bonchev–Trinajstić information content (AvgIpc) is 1.78. The van der Waals surface area contributed by atoms with E-state index in [9.17, 15) is 0 Å². The van der Waals surface area contributed by atoms with Gasteiger partial charge in [-0.2, -0.15) is 0 Å². The summed E-state index contributed by atoms with van der Waals surface area (Å²) in [6.07, 6.45) is 0. The average molecular weight is 1170 g/mol. The number of hydrogen-bond acceptors (Lipinski definition) is 2. The highest BCUT2D eigenvalue weighted by molar-refractivity contribution is 7.26. The summed E-state index contributed by atoms with van der Waals surface area (Å²) in [5.74, 6) is 0. The number of para-hydroxylation sites is 5. The van der Waals surface area contributed by atoms with Crippen LogP contribution < -0.4 is 0 Å². The summed E-state index contributed by atoms with van der Waals surface area (Å²) in [6, 6.07) is 116. The van der Waals surface area contributed by atoms with Gasteiger partial charge in [-0.15, -0.1) is 22.7 Å². The normalized spacial score (nSPS) is 12.0. The van der Waals surface area contributed by atoms with E-state index < -0.39 is 0 Å². The smallest absolute Gasteiger partial charge is 0.0542 e. The highest BCUT2D eigenvalue weighted by Gasteiger charge is 2.21. The van der Waals surface area contributed by atoms with Gasteiger partial charge >= 0.3 is 0 Å². The summed E-state index contributed by atoms with van der Waals surface area (Å²) in [7, 11) is 0. The topological polar surface area (TPSA) is 14.8 Å². The molecule has 0 saturated heterocycles. The maximum Gasteiger partial charge on any atom is 0.0542 e. The van der Waals surface area contributed by atoms with Crippen molar-refractivity contribution in [1.82, 2.24) is 13.7 Å². The minimum Gasteiger partial charge on any atom is -0.309 e. The van der Waals surface area contributed by atoms with E-state index in [0.717, 1.165) is 67.0 Å². The highest BCUT2D eigenvalue weighted by Crippen LogP contribution is 2.45.